The fourth-order valence-electron chi connectivity index (χ4n) is 1.75. The quantitative estimate of drug-likeness (QED) is 0.781. The molecule has 0 heterocycles. The molecule has 5 heteroatoms. The van der Waals surface area contributed by atoms with Crippen LogP contribution in [-0.2, 0) is 6.42 Å². The monoisotopic (exact) mass is 291 g/mol. The first-order valence-electron chi connectivity index (χ1n) is 6.92. The highest BCUT2D eigenvalue weighted by Crippen LogP contribution is 2.28. The van der Waals surface area contributed by atoms with Gasteiger partial charge in [-0.05, 0) is 51.4 Å². The number of aryl methyl sites for hydroxylation is 2. The minimum atomic E-state index is -4.63. The highest BCUT2D eigenvalue weighted by Gasteiger charge is 2.31. The molecule has 0 atom stereocenters. The van der Waals surface area contributed by atoms with Crippen LogP contribution in [0.15, 0.2) is 18.2 Å². The summed E-state index contributed by atoms with van der Waals surface area (Å²) in [5.41, 5.74) is 1.55. The first kappa shape index (κ1) is 18.8. The van der Waals surface area contributed by atoms with Gasteiger partial charge >= 0.3 is 6.36 Å². The number of unbranched alkanes of at least 4 members (excludes halogenated alkanes) is 1. The van der Waals surface area contributed by atoms with Crippen LogP contribution >= 0.6 is 0 Å². The van der Waals surface area contributed by atoms with Crippen molar-refractivity contribution < 1.29 is 17.9 Å². The standard InChI is InChI=1S/C13H18F3NO.C2H6/c1-10-6-7-12(18-13(14,15)16)11(9-10)5-3-4-8-17-2;1-2/h6-7,9,17H,3-5,8H2,1-2H3;1-2H3. The summed E-state index contributed by atoms with van der Waals surface area (Å²) in [6.45, 7) is 6.72. The molecule has 0 saturated carbocycles. The maximum Gasteiger partial charge on any atom is 0.573 e. The Bertz CT molecular complexity index is 378. The Labute approximate surface area is 119 Å². The lowest BCUT2D eigenvalue weighted by Gasteiger charge is -2.14. The molecule has 0 unspecified atom stereocenters. The molecule has 0 fully saturated rings. The zero-order chi connectivity index (χ0) is 15.6. The van der Waals surface area contributed by atoms with Crippen molar-refractivity contribution in [3.63, 3.8) is 0 Å². The van der Waals surface area contributed by atoms with Gasteiger partial charge in [0.25, 0.3) is 0 Å². The Kier molecular flexibility index (Phi) is 9.05. The van der Waals surface area contributed by atoms with E-state index in [1.807, 2.05) is 27.8 Å². The number of hydrogen-bond acceptors (Lipinski definition) is 2. The fourth-order valence-corrected chi connectivity index (χ4v) is 1.75. The number of nitrogens with one attached hydrogen (secondary N) is 1. The number of hydrogen-bond donors (Lipinski definition) is 1. The molecule has 20 heavy (non-hydrogen) atoms. The summed E-state index contributed by atoms with van der Waals surface area (Å²) in [6, 6.07) is 4.76. The van der Waals surface area contributed by atoms with Crippen molar-refractivity contribution in [1.29, 1.82) is 0 Å². The van der Waals surface area contributed by atoms with Crippen molar-refractivity contribution in [3.8, 4) is 5.75 Å². The maximum absolute atomic E-state index is 12.2. The zero-order valence-corrected chi connectivity index (χ0v) is 12.6. The summed E-state index contributed by atoms with van der Waals surface area (Å²) in [7, 11) is 1.85. The van der Waals surface area contributed by atoms with Crippen molar-refractivity contribution in [2.45, 2.75) is 46.4 Å². The van der Waals surface area contributed by atoms with Gasteiger partial charge in [0, 0.05) is 0 Å². The van der Waals surface area contributed by atoms with Crippen LogP contribution < -0.4 is 10.1 Å². The van der Waals surface area contributed by atoms with E-state index in [-0.39, 0.29) is 5.75 Å². The molecule has 0 aliphatic heterocycles. The van der Waals surface area contributed by atoms with E-state index < -0.39 is 6.36 Å². The SMILES string of the molecule is CC.CNCCCCc1cc(C)ccc1OC(F)(F)F. The van der Waals surface area contributed by atoms with Crippen molar-refractivity contribution in [2.75, 3.05) is 13.6 Å². The predicted octanol–water partition coefficient (Wildman–Crippen LogP) is 4.46. The van der Waals surface area contributed by atoms with E-state index in [4.69, 9.17) is 0 Å². The summed E-state index contributed by atoms with van der Waals surface area (Å²) in [5.74, 6) is -0.0856. The summed E-state index contributed by atoms with van der Waals surface area (Å²) >= 11 is 0. The van der Waals surface area contributed by atoms with Gasteiger partial charge in [-0.2, -0.15) is 0 Å². The van der Waals surface area contributed by atoms with Crippen LogP contribution in [0.1, 0.15) is 37.8 Å². The normalized spacial score (nSPS) is 10.8. The molecule has 2 nitrogen and oxygen atoms in total. The molecule has 0 aliphatic carbocycles. The van der Waals surface area contributed by atoms with Gasteiger partial charge in [-0.1, -0.05) is 31.5 Å². The van der Waals surface area contributed by atoms with Gasteiger partial charge in [0.1, 0.15) is 5.75 Å². The lowest BCUT2D eigenvalue weighted by Crippen LogP contribution is -2.18. The summed E-state index contributed by atoms with van der Waals surface area (Å²) < 4.78 is 40.7. The third kappa shape index (κ3) is 8.04. The second kappa shape index (κ2) is 9.64. The molecule has 0 radical (unpaired) electrons. The maximum atomic E-state index is 12.2. The van der Waals surface area contributed by atoms with Crippen molar-refractivity contribution in [2.24, 2.45) is 0 Å². The number of ether oxygens (including phenoxy) is 1. The number of benzene rings is 1. The topological polar surface area (TPSA) is 21.3 Å². The van der Waals surface area contributed by atoms with E-state index in [1.54, 1.807) is 12.1 Å². The molecule has 1 aromatic carbocycles. The number of halogens is 3. The second-order valence-electron chi connectivity index (χ2n) is 4.22. The van der Waals surface area contributed by atoms with Crippen LogP contribution in [0.5, 0.6) is 5.75 Å². The van der Waals surface area contributed by atoms with Crippen LogP contribution in [0.3, 0.4) is 0 Å². The van der Waals surface area contributed by atoms with Crippen molar-refractivity contribution in [3.05, 3.63) is 29.3 Å². The van der Waals surface area contributed by atoms with E-state index in [9.17, 15) is 13.2 Å². The highest BCUT2D eigenvalue weighted by molar-refractivity contribution is 5.37. The van der Waals surface area contributed by atoms with Gasteiger partial charge in [0.15, 0.2) is 0 Å². The molecule has 0 amide bonds. The minimum absolute atomic E-state index is 0.0856. The van der Waals surface area contributed by atoms with Crippen LogP contribution in [0.4, 0.5) is 13.2 Å². The van der Waals surface area contributed by atoms with Gasteiger partial charge in [0.05, 0.1) is 0 Å². The molecule has 0 bridgehead atoms. The third-order valence-corrected chi connectivity index (χ3v) is 2.56. The summed E-state index contributed by atoms with van der Waals surface area (Å²) in [5, 5.41) is 3.01. The molecule has 116 valence electrons. The largest absolute Gasteiger partial charge is 0.573 e. The average molecular weight is 291 g/mol. The Morgan fingerprint density at radius 3 is 2.35 bits per heavy atom. The first-order chi connectivity index (χ1) is 9.42. The van der Waals surface area contributed by atoms with Crippen molar-refractivity contribution >= 4 is 0 Å². The van der Waals surface area contributed by atoms with Gasteiger partial charge in [-0.25, -0.2) is 0 Å². The molecule has 0 saturated heterocycles. The minimum Gasteiger partial charge on any atom is -0.406 e. The lowest BCUT2D eigenvalue weighted by atomic mass is 10.0. The predicted molar refractivity (Wildman–Crippen MR) is 76.1 cm³/mol. The smallest absolute Gasteiger partial charge is 0.406 e. The fraction of sp³-hybridized carbons (Fsp3) is 0.600. The number of rotatable bonds is 6. The average Bonchev–Trinajstić information content (AvgIpc) is 2.38. The van der Waals surface area contributed by atoms with E-state index in [0.717, 1.165) is 24.9 Å². The van der Waals surface area contributed by atoms with Crippen LogP contribution in [0, 0.1) is 6.92 Å². The molecule has 1 rings (SSSR count). The molecule has 1 N–H and O–H groups in total. The van der Waals surface area contributed by atoms with Crippen molar-refractivity contribution in [1.82, 2.24) is 5.32 Å². The molecule has 0 spiro atoms. The van der Waals surface area contributed by atoms with Gasteiger partial charge in [-0.3, -0.25) is 0 Å². The van der Waals surface area contributed by atoms with E-state index in [2.05, 4.69) is 10.1 Å². The van der Waals surface area contributed by atoms with Gasteiger partial charge in [-0.15, -0.1) is 13.2 Å². The van der Waals surface area contributed by atoms with Crippen LogP contribution in [0.2, 0.25) is 0 Å². The molecule has 0 aromatic heterocycles. The van der Waals surface area contributed by atoms with E-state index in [0.29, 0.717) is 12.0 Å². The van der Waals surface area contributed by atoms with E-state index in [1.165, 1.54) is 6.07 Å². The number of alkyl halides is 3. The molecule has 0 aliphatic rings. The Morgan fingerprint density at radius 2 is 1.80 bits per heavy atom. The molecular formula is C15H24F3NO. The Morgan fingerprint density at radius 1 is 1.15 bits per heavy atom. The second-order valence-corrected chi connectivity index (χ2v) is 4.22. The highest BCUT2D eigenvalue weighted by atomic mass is 19.4. The van der Waals surface area contributed by atoms with E-state index >= 15 is 0 Å². The molecule has 1 aromatic rings. The first-order valence-corrected chi connectivity index (χ1v) is 6.92. The summed E-state index contributed by atoms with van der Waals surface area (Å²) in [6.07, 6.45) is -2.28. The van der Waals surface area contributed by atoms with Crippen LogP contribution in [-0.4, -0.2) is 20.0 Å². The summed E-state index contributed by atoms with van der Waals surface area (Å²) in [4.78, 5) is 0. The zero-order valence-electron chi connectivity index (χ0n) is 12.6. The van der Waals surface area contributed by atoms with Gasteiger partial charge < -0.3 is 10.1 Å². The third-order valence-electron chi connectivity index (χ3n) is 2.56. The molecular weight excluding hydrogens is 267 g/mol. The Hall–Kier alpha value is -1.23. The Balaban J connectivity index is 0.00000172. The lowest BCUT2D eigenvalue weighted by molar-refractivity contribution is -0.274. The van der Waals surface area contributed by atoms with Crippen LogP contribution in [0.25, 0.3) is 0 Å². The van der Waals surface area contributed by atoms with Gasteiger partial charge in [0.2, 0.25) is 0 Å².